The van der Waals surface area contributed by atoms with E-state index in [1.807, 2.05) is 0 Å². The Morgan fingerprint density at radius 2 is 0.500 bits per heavy atom. The molecule has 0 atom stereocenters. The first kappa shape index (κ1) is 24.1. The van der Waals surface area contributed by atoms with Crippen LogP contribution < -0.4 is 0 Å². The van der Waals surface area contributed by atoms with Gasteiger partial charge in [-0.15, -0.1) is 0 Å². The average Bonchev–Trinajstić information content (AvgIpc) is 1.12. The molecule has 0 aromatic rings. The molecule has 8 nitrogen and oxygen atoms in total. The Morgan fingerprint density at radius 3 is 0.500 bits per heavy atom. The third kappa shape index (κ3) is 233. The Labute approximate surface area is 135 Å². The minimum atomic E-state index is -4.61. The van der Waals surface area contributed by atoms with Crippen molar-refractivity contribution in [3.05, 3.63) is 0 Å². The van der Waals surface area contributed by atoms with Crippen molar-refractivity contribution in [2.75, 3.05) is 0 Å². The predicted octanol–water partition coefficient (Wildman–Crippen LogP) is -6.51. The van der Waals surface area contributed by atoms with Crippen LogP contribution in [0.1, 0.15) is 0 Å². The molecular weight excluding hydrogens is 246 g/mol. The van der Waals surface area contributed by atoms with Gasteiger partial charge in [-0.3, -0.25) is 0 Å². The minimum absolute atomic E-state index is 0. The van der Waals surface area contributed by atoms with E-state index in [1.165, 1.54) is 0 Å². The first-order valence-corrected chi connectivity index (χ1v) is 5.37. The van der Waals surface area contributed by atoms with Crippen molar-refractivity contribution in [3.8, 4) is 0 Å². The summed E-state index contributed by atoms with van der Waals surface area (Å²) in [6.07, 6.45) is 0. The molecule has 68 valence electrons. The van der Waals surface area contributed by atoms with Gasteiger partial charge in [0.25, 0.3) is 0 Å². The molecular formula is H10KNaO8Si2. The molecule has 0 saturated carbocycles. The van der Waals surface area contributed by atoms with Crippen molar-refractivity contribution >= 4 is 99.0 Å². The van der Waals surface area contributed by atoms with Crippen molar-refractivity contribution < 1.29 is 38.4 Å². The Bertz CT molecular complexity index is 60.0. The number of hydrogen-bond donors (Lipinski definition) is 8. The zero-order valence-electron chi connectivity index (χ0n) is 4.58. The van der Waals surface area contributed by atoms with E-state index in [-0.39, 0.29) is 80.9 Å². The van der Waals surface area contributed by atoms with Gasteiger partial charge in [0.1, 0.15) is 0 Å². The second kappa shape index (κ2) is 10.3. The second-order valence-corrected chi connectivity index (χ2v) is 3.60. The zero-order chi connectivity index (χ0) is 9.00. The Kier molecular flexibility index (Phi) is 20.7. The molecule has 0 rings (SSSR count). The average molecular weight is 256 g/mol. The summed E-state index contributed by atoms with van der Waals surface area (Å²) in [7, 11) is -9.22. The SMILES string of the molecule is O[Si](O)(O)O.O[Si](O)(O)O.[KH].[NaH]. The van der Waals surface area contributed by atoms with Crippen LogP contribution in [-0.4, -0.2) is 137 Å². The Hall–Kier alpha value is 2.75. The normalized spacial score (nSPS) is 10.0. The standard InChI is InChI=1S/K.Na.2H4O4Si.2H/c;;2*1-5(2,3)4;;/h;;2*1-4H;;. The summed E-state index contributed by atoms with van der Waals surface area (Å²) in [6.45, 7) is 0. The van der Waals surface area contributed by atoms with Gasteiger partial charge in [0, 0.05) is 0 Å². The molecule has 0 unspecified atom stereocenters. The summed E-state index contributed by atoms with van der Waals surface area (Å²) in [5.74, 6) is 0. The van der Waals surface area contributed by atoms with Gasteiger partial charge in [0.05, 0.1) is 0 Å². The van der Waals surface area contributed by atoms with Crippen molar-refractivity contribution in [1.29, 1.82) is 0 Å². The molecule has 0 radical (unpaired) electrons. The summed E-state index contributed by atoms with van der Waals surface area (Å²) in [4.78, 5) is 58.6. The van der Waals surface area contributed by atoms with Crippen LogP contribution in [0, 0.1) is 0 Å². The van der Waals surface area contributed by atoms with E-state index in [9.17, 15) is 0 Å². The third-order valence-electron chi connectivity index (χ3n) is 0. The molecule has 12 heteroatoms. The fraction of sp³-hybridized carbons (Fsp3) is 0. The first-order valence-electron chi connectivity index (χ1n) is 1.79. The van der Waals surface area contributed by atoms with Crippen LogP contribution in [0.15, 0.2) is 0 Å². The van der Waals surface area contributed by atoms with E-state index >= 15 is 0 Å². The molecule has 0 amide bonds. The Balaban J connectivity index is -0.0000000457. The molecule has 0 aliphatic rings. The topological polar surface area (TPSA) is 162 Å². The van der Waals surface area contributed by atoms with Gasteiger partial charge < -0.3 is 38.4 Å². The van der Waals surface area contributed by atoms with E-state index in [0.29, 0.717) is 0 Å². The molecule has 0 aromatic heterocycles. The number of rotatable bonds is 0. The van der Waals surface area contributed by atoms with Crippen LogP contribution >= 0.6 is 0 Å². The van der Waals surface area contributed by atoms with Crippen LogP contribution in [0.5, 0.6) is 0 Å². The first-order chi connectivity index (χ1) is 4.00. The van der Waals surface area contributed by atoms with E-state index in [4.69, 9.17) is 38.4 Å². The van der Waals surface area contributed by atoms with Gasteiger partial charge in [0.2, 0.25) is 0 Å². The molecule has 0 fully saturated rings. The van der Waals surface area contributed by atoms with E-state index < -0.39 is 18.1 Å². The maximum absolute atomic E-state index is 7.33. The molecule has 0 bridgehead atoms. The van der Waals surface area contributed by atoms with E-state index in [1.54, 1.807) is 0 Å². The summed E-state index contributed by atoms with van der Waals surface area (Å²) < 4.78 is 0. The molecule has 0 aliphatic heterocycles. The third-order valence-corrected chi connectivity index (χ3v) is 0. The van der Waals surface area contributed by atoms with Crippen LogP contribution in [0.3, 0.4) is 0 Å². The molecule has 0 saturated heterocycles. The predicted molar refractivity (Wildman–Crippen MR) is 43.6 cm³/mol. The molecule has 8 N–H and O–H groups in total. The van der Waals surface area contributed by atoms with Gasteiger partial charge in [-0.2, -0.15) is 0 Å². The molecule has 0 aliphatic carbocycles. The number of hydrogen-bond acceptors (Lipinski definition) is 8. The second-order valence-electron chi connectivity index (χ2n) is 1.20. The van der Waals surface area contributed by atoms with Crippen LogP contribution in [0.2, 0.25) is 0 Å². The van der Waals surface area contributed by atoms with Crippen LogP contribution in [0.4, 0.5) is 0 Å². The maximum atomic E-state index is 7.33. The summed E-state index contributed by atoms with van der Waals surface area (Å²) in [5, 5.41) is 0. The van der Waals surface area contributed by atoms with Gasteiger partial charge in [-0.05, 0) is 0 Å². The van der Waals surface area contributed by atoms with Gasteiger partial charge in [-0.1, -0.05) is 0 Å². The summed E-state index contributed by atoms with van der Waals surface area (Å²) >= 11 is 0. The van der Waals surface area contributed by atoms with Crippen molar-refractivity contribution in [3.63, 3.8) is 0 Å². The summed E-state index contributed by atoms with van der Waals surface area (Å²) in [5.41, 5.74) is 0. The fourth-order valence-electron chi connectivity index (χ4n) is 0. The summed E-state index contributed by atoms with van der Waals surface area (Å²) in [6, 6.07) is 0. The van der Waals surface area contributed by atoms with E-state index in [0.717, 1.165) is 0 Å². The molecule has 0 heterocycles. The quantitative estimate of drug-likeness (QED) is 0.198. The monoisotopic (exact) mass is 256 g/mol. The van der Waals surface area contributed by atoms with Gasteiger partial charge in [0.15, 0.2) is 0 Å². The van der Waals surface area contributed by atoms with Crippen molar-refractivity contribution in [2.45, 2.75) is 0 Å². The molecule has 0 spiro atoms. The van der Waals surface area contributed by atoms with E-state index in [2.05, 4.69) is 0 Å². The Morgan fingerprint density at radius 1 is 0.500 bits per heavy atom. The fourth-order valence-corrected chi connectivity index (χ4v) is 0. The zero-order valence-corrected chi connectivity index (χ0v) is 6.58. The van der Waals surface area contributed by atoms with Crippen LogP contribution in [0.25, 0.3) is 0 Å². The van der Waals surface area contributed by atoms with Gasteiger partial charge in [-0.25, -0.2) is 0 Å². The molecule has 0 aromatic carbocycles. The molecule has 12 heavy (non-hydrogen) atoms. The van der Waals surface area contributed by atoms with Crippen LogP contribution in [-0.2, 0) is 0 Å². The van der Waals surface area contributed by atoms with Gasteiger partial charge >= 0.3 is 99.0 Å². The van der Waals surface area contributed by atoms with Crippen molar-refractivity contribution in [2.24, 2.45) is 0 Å². The van der Waals surface area contributed by atoms with Crippen molar-refractivity contribution in [1.82, 2.24) is 0 Å².